The van der Waals surface area contributed by atoms with Crippen molar-refractivity contribution < 1.29 is 4.79 Å². The second-order valence-electron chi connectivity index (χ2n) is 6.61. The van der Waals surface area contributed by atoms with Crippen LogP contribution < -0.4 is 0 Å². The van der Waals surface area contributed by atoms with Gasteiger partial charge in [0.2, 0.25) is 5.91 Å². The van der Waals surface area contributed by atoms with Gasteiger partial charge in [0.05, 0.1) is 15.2 Å². The number of thioether (sulfide) groups is 1. The maximum Gasteiger partial charge on any atom is 0.223 e. The van der Waals surface area contributed by atoms with Crippen molar-refractivity contribution in [1.29, 1.82) is 0 Å². The summed E-state index contributed by atoms with van der Waals surface area (Å²) >= 11 is 3.53. The van der Waals surface area contributed by atoms with Gasteiger partial charge in [-0.1, -0.05) is 30.3 Å². The molecule has 0 N–H and O–H groups in total. The first-order valence-electron chi connectivity index (χ1n) is 9.11. The molecule has 0 unspecified atom stereocenters. The number of carbonyl (C=O) groups is 1. The summed E-state index contributed by atoms with van der Waals surface area (Å²) in [6, 6.07) is 18.6. The summed E-state index contributed by atoms with van der Waals surface area (Å²) in [7, 11) is 0. The predicted octanol–water partition coefficient (Wildman–Crippen LogP) is 5.18. The lowest BCUT2D eigenvalue weighted by Crippen LogP contribution is -2.39. The van der Waals surface area contributed by atoms with Crippen molar-refractivity contribution in [1.82, 2.24) is 9.88 Å². The topological polar surface area (TPSA) is 33.2 Å². The van der Waals surface area contributed by atoms with Gasteiger partial charge in [-0.15, -0.1) is 23.1 Å². The van der Waals surface area contributed by atoms with Gasteiger partial charge >= 0.3 is 0 Å². The minimum atomic E-state index is 0.277. The second kappa shape index (κ2) is 8.23. The number of fused-ring (bicyclic) bond motifs is 1. The highest BCUT2D eigenvalue weighted by molar-refractivity contribution is 7.99. The zero-order chi connectivity index (χ0) is 17.8. The van der Waals surface area contributed by atoms with Gasteiger partial charge in [0.25, 0.3) is 0 Å². The van der Waals surface area contributed by atoms with Crippen molar-refractivity contribution in [2.75, 3.05) is 18.8 Å². The highest BCUT2D eigenvalue weighted by Crippen LogP contribution is 2.33. The monoisotopic (exact) mass is 382 g/mol. The number of nitrogens with zero attached hydrogens (tertiary/aromatic N) is 2. The fraction of sp³-hybridized carbons (Fsp3) is 0.333. The van der Waals surface area contributed by atoms with E-state index in [0.717, 1.165) is 37.2 Å². The van der Waals surface area contributed by atoms with Gasteiger partial charge in [-0.2, -0.15) is 0 Å². The van der Waals surface area contributed by atoms with Crippen LogP contribution in [0.3, 0.4) is 0 Å². The summed E-state index contributed by atoms with van der Waals surface area (Å²) in [4.78, 5) is 20.7. The lowest BCUT2D eigenvalue weighted by molar-refractivity contribution is -0.131. The average Bonchev–Trinajstić information content (AvgIpc) is 3.13. The van der Waals surface area contributed by atoms with Crippen LogP contribution >= 0.6 is 23.1 Å². The number of benzene rings is 2. The fourth-order valence-electron chi connectivity index (χ4n) is 3.40. The summed E-state index contributed by atoms with van der Waals surface area (Å²) in [6.07, 6.45) is 2.80. The summed E-state index contributed by atoms with van der Waals surface area (Å²) in [6.45, 7) is 1.70. The molecule has 1 aromatic heterocycles. The molecule has 0 spiro atoms. The standard InChI is InChI=1S/C21H22N2OS2/c24-20(12-14-25-17-8-2-1-3-9-17)23-13-6-7-16(15-23)21-22-18-10-4-5-11-19(18)26-21/h1-5,8-11,16H,6-7,12-15H2/t16-/m0/s1. The lowest BCUT2D eigenvalue weighted by atomic mass is 9.98. The van der Waals surface area contributed by atoms with Crippen LogP contribution in [0.25, 0.3) is 10.2 Å². The van der Waals surface area contributed by atoms with Crippen molar-refractivity contribution >= 4 is 39.2 Å². The van der Waals surface area contributed by atoms with E-state index in [2.05, 4.69) is 30.3 Å². The molecule has 4 rings (SSSR count). The molecule has 1 fully saturated rings. The Morgan fingerprint density at radius 3 is 2.81 bits per heavy atom. The van der Waals surface area contributed by atoms with E-state index in [0.29, 0.717) is 12.3 Å². The molecule has 1 saturated heterocycles. The number of hydrogen-bond donors (Lipinski definition) is 0. The third-order valence-corrected chi connectivity index (χ3v) is 6.97. The molecule has 0 bridgehead atoms. The minimum Gasteiger partial charge on any atom is -0.342 e. The van der Waals surface area contributed by atoms with Crippen LogP contribution in [0, 0.1) is 0 Å². The van der Waals surface area contributed by atoms with Crippen molar-refractivity contribution in [2.24, 2.45) is 0 Å². The van der Waals surface area contributed by atoms with Gasteiger partial charge in [0, 0.05) is 36.1 Å². The Hall–Kier alpha value is -1.85. The Balaban J connectivity index is 1.34. The van der Waals surface area contributed by atoms with E-state index in [1.54, 1.807) is 23.1 Å². The van der Waals surface area contributed by atoms with Crippen LogP contribution in [0.2, 0.25) is 0 Å². The van der Waals surface area contributed by atoms with E-state index in [4.69, 9.17) is 4.98 Å². The normalized spacial score (nSPS) is 17.5. The smallest absolute Gasteiger partial charge is 0.223 e. The molecule has 1 aliphatic rings. The SMILES string of the molecule is O=C(CCSc1ccccc1)N1CCC[C@H](c2nc3ccccc3s2)C1. The van der Waals surface area contributed by atoms with Crippen molar-refractivity contribution in [3.8, 4) is 0 Å². The number of piperidine rings is 1. The highest BCUT2D eigenvalue weighted by Gasteiger charge is 2.26. The van der Waals surface area contributed by atoms with E-state index < -0.39 is 0 Å². The molecule has 2 heterocycles. The average molecular weight is 383 g/mol. The molecule has 3 aromatic rings. The zero-order valence-electron chi connectivity index (χ0n) is 14.6. The van der Waals surface area contributed by atoms with E-state index >= 15 is 0 Å². The zero-order valence-corrected chi connectivity index (χ0v) is 16.3. The number of thiazole rings is 1. The first-order valence-corrected chi connectivity index (χ1v) is 10.9. The van der Waals surface area contributed by atoms with Gasteiger partial charge < -0.3 is 4.90 Å². The van der Waals surface area contributed by atoms with E-state index in [1.807, 2.05) is 29.2 Å². The molecule has 1 aliphatic heterocycles. The molecular weight excluding hydrogens is 360 g/mol. The Labute approximate surface area is 162 Å². The van der Waals surface area contributed by atoms with Crippen LogP contribution in [-0.4, -0.2) is 34.6 Å². The van der Waals surface area contributed by atoms with Crippen LogP contribution in [0.1, 0.15) is 30.2 Å². The van der Waals surface area contributed by atoms with Crippen LogP contribution in [0.5, 0.6) is 0 Å². The van der Waals surface area contributed by atoms with Gasteiger partial charge in [-0.05, 0) is 37.1 Å². The molecule has 0 radical (unpaired) electrons. The Morgan fingerprint density at radius 2 is 1.96 bits per heavy atom. The summed E-state index contributed by atoms with van der Waals surface area (Å²) in [5, 5.41) is 1.18. The van der Waals surface area contributed by atoms with Crippen molar-refractivity contribution in [3.63, 3.8) is 0 Å². The summed E-state index contributed by atoms with van der Waals surface area (Å²) < 4.78 is 1.24. The molecule has 0 aliphatic carbocycles. The first-order chi connectivity index (χ1) is 12.8. The van der Waals surface area contributed by atoms with E-state index in [1.165, 1.54) is 14.6 Å². The highest BCUT2D eigenvalue weighted by atomic mass is 32.2. The Bertz CT molecular complexity index is 845. The predicted molar refractivity (Wildman–Crippen MR) is 110 cm³/mol. The largest absolute Gasteiger partial charge is 0.342 e. The van der Waals surface area contributed by atoms with Gasteiger partial charge in [-0.3, -0.25) is 4.79 Å². The van der Waals surface area contributed by atoms with Crippen molar-refractivity contribution in [3.05, 3.63) is 59.6 Å². The van der Waals surface area contributed by atoms with Gasteiger partial charge in [0.1, 0.15) is 0 Å². The molecule has 26 heavy (non-hydrogen) atoms. The molecule has 1 atom stereocenters. The number of likely N-dealkylation sites (tertiary alicyclic amines) is 1. The van der Waals surface area contributed by atoms with Gasteiger partial charge in [0.15, 0.2) is 0 Å². The van der Waals surface area contributed by atoms with Gasteiger partial charge in [-0.25, -0.2) is 4.98 Å². The van der Waals surface area contributed by atoms with Crippen LogP contribution in [-0.2, 0) is 4.79 Å². The quantitative estimate of drug-likeness (QED) is 0.570. The van der Waals surface area contributed by atoms with Crippen LogP contribution in [0.4, 0.5) is 0 Å². The van der Waals surface area contributed by atoms with E-state index in [9.17, 15) is 4.79 Å². The fourth-order valence-corrected chi connectivity index (χ4v) is 5.36. The number of para-hydroxylation sites is 1. The number of amides is 1. The summed E-state index contributed by atoms with van der Waals surface area (Å²) in [5.41, 5.74) is 1.08. The third-order valence-electron chi connectivity index (χ3n) is 4.76. The second-order valence-corrected chi connectivity index (χ2v) is 8.84. The minimum absolute atomic E-state index is 0.277. The summed E-state index contributed by atoms with van der Waals surface area (Å²) in [5.74, 6) is 1.50. The first kappa shape index (κ1) is 17.6. The van der Waals surface area contributed by atoms with E-state index in [-0.39, 0.29) is 5.91 Å². The molecule has 2 aromatic carbocycles. The molecule has 134 valence electrons. The number of aromatic nitrogens is 1. The molecule has 0 saturated carbocycles. The number of hydrogen-bond acceptors (Lipinski definition) is 4. The number of carbonyl (C=O) groups excluding carboxylic acids is 1. The molecular formula is C21H22N2OS2. The Morgan fingerprint density at radius 1 is 1.15 bits per heavy atom. The maximum atomic E-state index is 12.6. The Kier molecular flexibility index (Phi) is 5.56. The lowest BCUT2D eigenvalue weighted by Gasteiger charge is -2.32. The maximum absolute atomic E-state index is 12.6. The molecule has 5 heteroatoms. The van der Waals surface area contributed by atoms with Crippen molar-refractivity contribution in [2.45, 2.75) is 30.1 Å². The third kappa shape index (κ3) is 4.10. The number of rotatable bonds is 5. The van der Waals surface area contributed by atoms with Crippen LogP contribution in [0.15, 0.2) is 59.5 Å². The molecule has 3 nitrogen and oxygen atoms in total. The molecule has 1 amide bonds.